The van der Waals surface area contributed by atoms with Gasteiger partial charge in [0, 0.05) is 0 Å². The van der Waals surface area contributed by atoms with Gasteiger partial charge in [-0.1, -0.05) is 50.2 Å². The van der Waals surface area contributed by atoms with Crippen LogP contribution in [0.5, 0.6) is 0 Å². The van der Waals surface area contributed by atoms with E-state index in [1.54, 1.807) is 12.1 Å². The predicted octanol–water partition coefficient (Wildman–Crippen LogP) is 6.41. The van der Waals surface area contributed by atoms with Crippen LogP contribution in [0.4, 0.5) is 13.2 Å². The molecule has 23 heavy (non-hydrogen) atoms. The third-order valence-corrected chi connectivity index (χ3v) is 4.63. The molecule has 0 unspecified atom stereocenters. The molecule has 0 N–H and O–H groups in total. The van der Waals surface area contributed by atoms with E-state index >= 15 is 0 Å². The smallest absolute Gasteiger partial charge is 0.171 e. The molecule has 0 aliphatic rings. The van der Waals surface area contributed by atoms with Crippen molar-refractivity contribution in [1.82, 2.24) is 0 Å². The summed E-state index contributed by atoms with van der Waals surface area (Å²) in [6, 6.07) is 11.7. The fourth-order valence-electron chi connectivity index (χ4n) is 2.63. The zero-order valence-electron chi connectivity index (χ0n) is 14.3. The highest BCUT2D eigenvalue weighted by atomic mass is 19.4. The topological polar surface area (TPSA) is 0 Å². The summed E-state index contributed by atoms with van der Waals surface area (Å²) in [4.78, 5) is 0. The third kappa shape index (κ3) is 3.77. The second kappa shape index (κ2) is 6.03. The fourth-order valence-corrected chi connectivity index (χ4v) is 2.63. The second-order valence-corrected chi connectivity index (χ2v) is 6.99. The van der Waals surface area contributed by atoms with Crippen LogP contribution in [-0.4, -0.2) is 6.18 Å². The lowest BCUT2D eigenvalue weighted by atomic mass is 9.84. The van der Waals surface area contributed by atoms with Crippen molar-refractivity contribution in [2.24, 2.45) is 5.41 Å². The van der Waals surface area contributed by atoms with Gasteiger partial charge in [0.05, 0.1) is 5.41 Å². The average molecular weight is 320 g/mol. The molecule has 0 radical (unpaired) electrons. The maximum absolute atomic E-state index is 13.0. The molecule has 0 heterocycles. The van der Waals surface area contributed by atoms with Crippen LogP contribution in [0.25, 0.3) is 11.1 Å². The lowest BCUT2D eigenvalue weighted by molar-refractivity contribution is -0.211. The van der Waals surface area contributed by atoms with Gasteiger partial charge in [-0.3, -0.25) is 0 Å². The van der Waals surface area contributed by atoms with Crippen LogP contribution in [-0.2, 0) is 6.42 Å². The van der Waals surface area contributed by atoms with E-state index in [0.717, 1.165) is 11.1 Å². The van der Waals surface area contributed by atoms with Crippen LogP contribution < -0.4 is 0 Å². The second-order valence-electron chi connectivity index (χ2n) is 6.99. The number of aryl methyl sites for hydroxylation is 2. The van der Waals surface area contributed by atoms with Crippen molar-refractivity contribution >= 4 is 0 Å². The molecule has 0 atom stereocenters. The van der Waals surface area contributed by atoms with E-state index in [4.69, 9.17) is 0 Å². The summed E-state index contributed by atoms with van der Waals surface area (Å²) in [7, 11) is 0. The third-order valence-electron chi connectivity index (χ3n) is 4.63. The number of rotatable bonds is 3. The maximum atomic E-state index is 13.0. The molecule has 2 aromatic carbocycles. The highest BCUT2D eigenvalue weighted by Gasteiger charge is 2.46. The van der Waals surface area contributed by atoms with Gasteiger partial charge in [0.15, 0.2) is 0 Å². The fraction of sp³-hybridized carbons (Fsp3) is 0.400. The first kappa shape index (κ1) is 17.6. The first-order valence-corrected chi connectivity index (χ1v) is 7.75. The van der Waals surface area contributed by atoms with Gasteiger partial charge in [0.2, 0.25) is 0 Å². The first-order chi connectivity index (χ1) is 10.5. The van der Waals surface area contributed by atoms with E-state index < -0.39 is 11.6 Å². The van der Waals surface area contributed by atoms with Crippen LogP contribution in [0, 0.1) is 26.2 Å². The molecule has 0 amide bonds. The van der Waals surface area contributed by atoms with E-state index in [1.165, 1.54) is 30.5 Å². The molecule has 124 valence electrons. The van der Waals surface area contributed by atoms with E-state index in [2.05, 4.69) is 32.9 Å². The summed E-state index contributed by atoms with van der Waals surface area (Å²) >= 11 is 0. The van der Waals surface area contributed by atoms with Gasteiger partial charge < -0.3 is 0 Å². The van der Waals surface area contributed by atoms with E-state index in [0.29, 0.717) is 5.56 Å². The Morgan fingerprint density at radius 1 is 0.783 bits per heavy atom. The summed E-state index contributed by atoms with van der Waals surface area (Å²) in [6.45, 7) is 8.73. The summed E-state index contributed by atoms with van der Waals surface area (Å²) in [5, 5.41) is 0. The van der Waals surface area contributed by atoms with Crippen LogP contribution in [0.3, 0.4) is 0 Å². The van der Waals surface area contributed by atoms with Crippen LogP contribution in [0.2, 0.25) is 0 Å². The molecule has 0 fully saturated rings. The van der Waals surface area contributed by atoms with Crippen LogP contribution in [0.1, 0.15) is 36.1 Å². The molecule has 0 saturated carbocycles. The van der Waals surface area contributed by atoms with Crippen molar-refractivity contribution in [2.75, 3.05) is 0 Å². The first-order valence-electron chi connectivity index (χ1n) is 7.75. The van der Waals surface area contributed by atoms with Crippen molar-refractivity contribution in [2.45, 2.75) is 47.2 Å². The summed E-state index contributed by atoms with van der Waals surface area (Å²) in [6.07, 6.45) is -4.21. The lowest BCUT2D eigenvalue weighted by Crippen LogP contribution is -2.34. The minimum atomic E-state index is -4.20. The van der Waals surface area contributed by atoms with Gasteiger partial charge in [-0.15, -0.1) is 0 Å². The maximum Gasteiger partial charge on any atom is 0.394 e. The number of benzene rings is 2. The molecule has 0 saturated heterocycles. The Hall–Kier alpha value is -1.77. The van der Waals surface area contributed by atoms with Gasteiger partial charge in [-0.05, 0) is 60.6 Å². The minimum Gasteiger partial charge on any atom is -0.171 e. The number of halogens is 3. The Morgan fingerprint density at radius 3 is 1.70 bits per heavy atom. The number of alkyl halides is 3. The predicted molar refractivity (Wildman–Crippen MR) is 89.6 cm³/mol. The normalized spacial score (nSPS) is 12.5. The summed E-state index contributed by atoms with van der Waals surface area (Å²) in [5.41, 5.74) is 4.85. The molecular weight excluding hydrogens is 297 g/mol. The zero-order chi connectivity index (χ0) is 17.4. The monoisotopic (exact) mass is 320 g/mol. The van der Waals surface area contributed by atoms with E-state index in [9.17, 15) is 13.2 Å². The highest BCUT2D eigenvalue weighted by molar-refractivity contribution is 5.66. The quantitative estimate of drug-likeness (QED) is 0.613. The van der Waals surface area contributed by atoms with Gasteiger partial charge in [-0.25, -0.2) is 0 Å². The summed E-state index contributed by atoms with van der Waals surface area (Å²) in [5.74, 6) is 0. The number of hydrogen-bond acceptors (Lipinski definition) is 0. The highest BCUT2D eigenvalue weighted by Crippen LogP contribution is 2.40. The average Bonchev–Trinajstić information content (AvgIpc) is 2.43. The van der Waals surface area contributed by atoms with Gasteiger partial charge in [-0.2, -0.15) is 13.2 Å². The van der Waals surface area contributed by atoms with E-state index in [1.807, 2.05) is 12.1 Å². The minimum absolute atomic E-state index is 0.0112. The van der Waals surface area contributed by atoms with Gasteiger partial charge >= 0.3 is 6.18 Å². The molecule has 0 aliphatic carbocycles. The Morgan fingerprint density at radius 2 is 1.26 bits per heavy atom. The van der Waals surface area contributed by atoms with Crippen molar-refractivity contribution in [3.8, 4) is 11.1 Å². The van der Waals surface area contributed by atoms with Crippen LogP contribution >= 0.6 is 0 Å². The van der Waals surface area contributed by atoms with Gasteiger partial charge in [0.25, 0.3) is 0 Å². The Kier molecular flexibility index (Phi) is 4.61. The van der Waals surface area contributed by atoms with Crippen molar-refractivity contribution < 1.29 is 13.2 Å². The number of hydrogen-bond donors (Lipinski definition) is 0. The molecule has 0 aromatic heterocycles. The molecule has 0 aliphatic heterocycles. The standard InChI is InChI=1S/C20H23F3/c1-13-10-18(11-14(2)15(13)3)17-8-6-16(7-9-17)12-19(4,5)20(21,22)23/h6-11H,12H2,1-5H3. The SMILES string of the molecule is Cc1cc(-c2ccc(CC(C)(C)C(F)(F)F)cc2)cc(C)c1C. The summed E-state index contributed by atoms with van der Waals surface area (Å²) < 4.78 is 39.0. The molecular formula is C20H23F3. The van der Waals surface area contributed by atoms with Gasteiger partial charge in [0.1, 0.15) is 0 Å². The Labute approximate surface area is 136 Å². The van der Waals surface area contributed by atoms with Crippen molar-refractivity contribution in [1.29, 1.82) is 0 Å². The molecule has 3 heteroatoms. The van der Waals surface area contributed by atoms with Crippen molar-refractivity contribution in [3.05, 3.63) is 58.7 Å². The van der Waals surface area contributed by atoms with E-state index in [-0.39, 0.29) is 6.42 Å². The van der Waals surface area contributed by atoms with Crippen LogP contribution in [0.15, 0.2) is 36.4 Å². The Balaban J connectivity index is 2.27. The van der Waals surface area contributed by atoms with Crippen molar-refractivity contribution in [3.63, 3.8) is 0 Å². The molecule has 0 nitrogen and oxygen atoms in total. The molecule has 0 spiro atoms. The molecule has 0 bridgehead atoms. The molecule has 2 aromatic rings. The zero-order valence-corrected chi connectivity index (χ0v) is 14.3. The Bertz CT molecular complexity index is 669. The lowest BCUT2D eigenvalue weighted by Gasteiger charge is -2.27. The largest absolute Gasteiger partial charge is 0.394 e. The molecule has 2 rings (SSSR count).